The average molecular weight is 186 g/mol. The first-order valence-electron chi connectivity index (χ1n) is 4.91. The number of likely N-dealkylation sites (N-methyl/N-ethyl adjacent to an activating group) is 1. The van der Waals surface area contributed by atoms with Crippen molar-refractivity contribution in [2.45, 2.75) is 30.6 Å². The zero-order valence-electron chi connectivity index (χ0n) is 8.01. The Morgan fingerprint density at radius 3 is 2.33 bits per heavy atom. The SMILES string of the molecule is CPC1CC(N(C)C2CNC2)C1. The maximum atomic E-state index is 3.33. The summed E-state index contributed by atoms with van der Waals surface area (Å²) in [4.78, 5) is 2.59. The predicted octanol–water partition coefficient (Wildman–Crippen LogP) is 0.729. The molecule has 0 aromatic rings. The Bertz CT molecular complexity index is 153. The Balaban J connectivity index is 1.72. The Kier molecular flexibility index (Phi) is 2.69. The fraction of sp³-hybridized carbons (Fsp3) is 1.00. The molecule has 1 heterocycles. The van der Waals surface area contributed by atoms with Crippen LogP contribution in [0.3, 0.4) is 0 Å². The van der Waals surface area contributed by atoms with Gasteiger partial charge in [-0.3, -0.25) is 4.90 Å². The van der Waals surface area contributed by atoms with Crippen LogP contribution in [0.5, 0.6) is 0 Å². The van der Waals surface area contributed by atoms with Gasteiger partial charge in [0.05, 0.1) is 0 Å². The summed E-state index contributed by atoms with van der Waals surface area (Å²) >= 11 is 0. The molecule has 0 aromatic heterocycles. The van der Waals surface area contributed by atoms with Crippen LogP contribution in [0, 0.1) is 0 Å². The third-order valence-electron chi connectivity index (χ3n) is 3.43. The second-order valence-corrected chi connectivity index (χ2v) is 5.48. The molecule has 0 amide bonds. The lowest BCUT2D eigenvalue weighted by Crippen LogP contribution is -2.60. The number of hydrogen-bond donors (Lipinski definition) is 1. The second-order valence-electron chi connectivity index (χ2n) is 4.09. The van der Waals surface area contributed by atoms with Crippen molar-refractivity contribution in [3.8, 4) is 0 Å². The summed E-state index contributed by atoms with van der Waals surface area (Å²) in [6, 6.07) is 1.76. The molecule has 2 aliphatic rings. The molecule has 1 saturated heterocycles. The topological polar surface area (TPSA) is 15.3 Å². The van der Waals surface area contributed by atoms with Crippen LogP contribution in [0.1, 0.15) is 12.8 Å². The van der Waals surface area contributed by atoms with E-state index in [9.17, 15) is 0 Å². The van der Waals surface area contributed by atoms with Crippen molar-refractivity contribution in [1.29, 1.82) is 0 Å². The van der Waals surface area contributed by atoms with E-state index < -0.39 is 0 Å². The molecule has 2 rings (SSSR count). The molecule has 1 atom stereocenters. The summed E-state index contributed by atoms with van der Waals surface area (Å²) in [5.74, 6) is 0. The fourth-order valence-corrected chi connectivity index (χ4v) is 3.03. The summed E-state index contributed by atoms with van der Waals surface area (Å²) in [6.45, 7) is 4.77. The van der Waals surface area contributed by atoms with Gasteiger partial charge in [-0.2, -0.15) is 0 Å². The standard InChI is InChI=1S/C9H19N2P/c1-11(8-5-10-6-8)7-3-9(4-7)12-2/h7-10,12H,3-6H2,1-2H3. The first kappa shape index (κ1) is 8.93. The Labute approximate surface area is 76.9 Å². The van der Waals surface area contributed by atoms with Crippen molar-refractivity contribution in [3.63, 3.8) is 0 Å². The van der Waals surface area contributed by atoms with E-state index in [4.69, 9.17) is 0 Å². The predicted molar refractivity (Wildman–Crippen MR) is 55.5 cm³/mol. The first-order chi connectivity index (χ1) is 5.81. The van der Waals surface area contributed by atoms with Crippen molar-refractivity contribution < 1.29 is 0 Å². The minimum absolute atomic E-state index is 0.844. The minimum Gasteiger partial charge on any atom is -0.314 e. The molecule has 0 radical (unpaired) electrons. The van der Waals surface area contributed by atoms with Crippen LogP contribution >= 0.6 is 8.58 Å². The van der Waals surface area contributed by atoms with Crippen molar-refractivity contribution >= 4 is 8.58 Å². The molecule has 1 saturated carbocycles. The highest BCUT2D eigenvalue weighted by molar-refractivity contribution is 7.38. The molecule has 3 heteroatoms. The zero-order chi connectivity index (χ0) is 8.55. The zero-order valence-corrected chi connectivity index (χ0v) is 9.01. The van der Waals surface area contributed by atoms with Gasteiger partial charge in [-0.15, -0.1) is 8.58 Å². The molecule has 1 aliphatic carbocycles. The fourth-order valence-electron chi connectivity index (χ4n) is 2.02. The minimum atomic E-state index is 0.844. The molecular weight excluding hydrogens is 167 g/mol. The molecule has 1 aliphatic heterocycles. The van der Waals surface area contributed by atoms with Crippen LogP contribution in [-0.4, -0.2) is 49.4 Å². The first-order valence-corrected chi connectivity index (χ1v) is 6.49. The number of nitrogens with zero attached hydrogens (tertiary/aromatic N) is 1. The maximum Gasteiger partial charge on any atom is 0.0345 e. The van der Waals surface area contributed by atoms with Crippen molar-refractivity contribution in [2.75, 3.05) is 26.8 Å². The number of nitrogens with one attached hydrogen (secondary N) is 1. The maximum absolute atomic E-state index is 3.33. The smallest absolute Gasteiger partial charge is 0.0345 e. The van der Waals surface area contributed by atoms with E-state index in [1.807, 2.05) is 0 Å². The molecule has 2 nitrogen and oxygen atoms in total. The molecule has 1 unspecified atom stereocenters. The number of hydrogen-bond acceptors (Lipinski definition) is 2. The van der Waals surface area contributed by atoms with Gasteiger partial charge in [0.2, 0.25) is 0 Å². The van der Waals surface area contributed by atoms with Gasteiger partial charge in [-0.25, -0.2) is 0 Å². The second kappa shape index (κ2) is 3.61. The van der Waals surface area contributed by atoms with Crippen LogP contribution in [0.2, 0.25) is 0 Å². The molecule has 70 valence electrons. The molecule has 0 bridgehead atoms. The summed E-state index contributed by atoms with van der Waals surface area (Å²) in [5.41, 5.74) is 1.06. The van der Waals surface area contributed by atoms with Crippen molar-refractivity contribution in [3.05, 3.63) is 0 Å². The average Bonchev–Trinajstić information content (AvgIpc) is 1.80. The van der Waals surface area contributed by atoms with Gasteiger partial charge in [0.15, 0.2) is 0 Å². The Morgan fingerprint density at radius 2 is 1.92 bits per heavy atom. The van der Waals surface area contributed by atoms with E-state index >= 15 is 0 Å². The van der Waals surface area contributed by atoms with Gasteiger partial charge in [-0.05, 0) is 32.2 Å². The monoisotopic (exact) mass is 186 g/mol. The molecule has 0 aromatic carbocycles. The van der Waals surface area contributed by atoms with Gasteiger partial charge in [-0.1, -0.05) is 0 Å². The van der Waals surface area contributed by atoms with Gasteiger partial charge in [0.1, 0.15) is 0 Å². The van der Waals surface area contributed by atoms with Gasteiger partial charge < -0.3 is 5.32 Å². The highest BCUT2D eigenvalue weighted by Crippen LogP contribution is 2.37. The van der Waals surface area contributed by atoms with Crippen molar-refractivity contribution in [2.24, 2.45) is 0 Å². The molecule has 1 N–H and O–H groups in total. The van der Waals surface area contributed by atoms with E-state index in [0.29, 0.717) is 0 Å². The van der Waals surface area contributed by atoms with Crippen molar-refractivity contribution in [1.82, 2.24) is 10.2 Å². The summed E-state index contributed by atoms with van der Waals surface area (Å²) < 4.78 is 0. The van der Waals surface area contributed by atoms with Crippen LogP contribution < -0.4 is 5.32 Å². The lowest BCUT2D eigenvalue weighted by Gasteiger charge is -2.47. The Morgan fingerprint density at radius 1 is 1.25 bits per heavy atom. The highest BCUT2D eigenvalue weighted by Gasteiger charge is 2.35. The van der Waals surface area contributed by atoms with Gasteiger partial charge in [0, 0.05) is 25.2 Å². The lowest BCUT2D eigenvalue weighted by molar-refractivity contribution is 0.0836. The summed E-state index contributed by atoms with van der Waals surface area (Å²) in [6.07, 6.45) is 2.92. The van der Waals surface area contributed by atoms with Crippen LogP contribution in [-0.2, 0) is 0 Å². The summed E-state index contributed by atoms with van der Waals surface area (Å²) in [5, 5.41) is 3.33. The van der Waals surface area contributed by atoms with E-state index in [2.05, 4.69) is 23.9 Å². The molecule has 2 fully saturated rings. The third-order valence-corrected chi connectivity index (χ3v) is 4.72. The number of rotatable bonds is 3. The highest BCUT2D eigenvalue weighted by atomic mass is 31.1. The summed E-state index contributed by atoms with van der Waals surface area (Å²) in [7, 11) is 3.46. The molecule has 12 heavy (non-hydrogen) atoms. The Hall–Kier alpha value is 0.350. The van der Waals surface area contributed by atoms with Gasteiger partial charge in [0.25, 0.3) is 0 Å². The van der Waals surface area contributed by atoms with E-state index in [-0.39, 0.29) is 0 Å². The van der Waals surface area contributed by atoms with Crippen LogP contribution in [0.15, 0.2) is 0 Å². The van der Waals surface area contributed by atoms with E-state index in [1.165, 1.54) is 34.5 Å². The quantitative estimate of drug-likeness (QED) is 0.654. The molecule has 0 spiro atoms. The van der Waals surface area contributed by atoms with Crippen LogP contribution in [0.25, 0.3) is 0 Å². The lowest BCUT2D eigenvalue weighted by atomic mass is 9.89. The van der Waals surface area contributed by atoms with Crippen LogP contribution in [0.4, 0.5) is 0 Å². The largest absolute Gasteiger partial charge is 0.314 e. The van der Waals surface area contributed by atoms with E-state index in [1.54, 1.807) is 0 Å². The third kappa shape index (κ3) is 1.53. The molecular formula is C9H19N2P. The van der Waals surface area contributed by atoms with E-state index in [0.717, 1.165) is 17.7 Å². The normalized spacial score (nSPS) is 37.2. The van der Waals surface area contributed by atoms with Gasteiger partial charge >= 0.3 is 0 Å².